The second-order valence-electron chi connectivity index (χ2n) is 12.5. The first kappa shape index (κ1) is 33.2. The van der Waals surface area contributed by atoms with E-state index in [0.29, 0.717) is 12.2 Å². The number of ether oxygens (including phenoxy) is 1. The predicted molar refractivity (Wildman–Crippen MR) is 162 cm³/mol. The molecule has 2 rings (SSSR count). The van der Waals surface area contributed by atoms with Crippen LogP contribution in [0.5, 0.6) is 0 Å². The molecule has 0 radical (unpaired) electrons. The zero-order chi connectivity index (χ0) is 29.1. The Bertz CT molecular complexity index is 1010. The molecule has 2 aromatic rings. The van der Waals surface area contributed by atoms with Gasteiger partial charge in [-0.15, -0.1) is 0 Å². The van der Waals surface area contributed by atoms with E-state index < -0.39 is 11.2 Å². The number of rotatable bonds is 18. The van der Waals surface area contributed by atoms with E-state index in [1.54, 1.807) is 0 Å². The highest BCUT2D eigenvalue weighted by Gasteiger charge is 2.36. The van der Waals surface area contributed by atoms with Crippen molar-refractivity contribution in [1.29, 1.82) is 0 Å². The van der Waals surface area contributed by atoms with E-state index in [-0.39, 0.29) is 17.3 Å². The van der Waals surface area contributed by atoms with Crippen LogP contribution in [0, 0.1) is 6.92 Å². The minimum atomic E-state index is -0.886. The van der Waals surface area contributed by atoms with Crippen molar-refractivity contribution in [3.8, 4) is 0 Å². The van der Waals surface area contributed by atoms with E-state index in [1.165, 1.54) is 31.2 Å². The van der Waals surface area contributed by atoms with Gasteiger partial charge in [-0.1, -0.05) is 109 Å². The third-order valence-electron chi connectivity index (χ3n) is 7.95. The molecule has 0 amide bonds. The number of aryl methyl sites for hydroxylation is 1. The summed E-state index contributed by atoms with van der Waals surface area (Å²) in [4.78, 5) is 26.1. The summed E-state index contributed by atoms with van der Waals surface area (Å²) in [7, 11) is 0. The van der Waals surface area contributed by atoms with Crippen LogP contribution in [0.2, 0.25) is 0 Å². The number of unbranched alkanes of at least 4 members (excludes halogenated alkanes) is 5. The molecule has 0 spiro atoms. The predicted octanol–water partition coefficient (Wildman–Crippen LogP) is 9.66. The van der Waals surface area contributed by atoms with Gasteiger partial charge in [0.05, 0.1) is 0 Å². The van der Waals surface area contributed by atoms with Gasteiger partial charge in [0.1, 0.15) is 17.3 Å². The Balaban J connectivity index is 2.24. The molecule has 4 heteroatoms. The maximum atomic E-state index is 13.5. The molecule has 0 aliphatic carbocycles. The molecular formula is C35H54O4. The Hall–Kier alpha value is -2.01. The number of hydrogen-bond acceptors (Lipinski definition) is 4. The van der Waals surface area contributed by atoms with Crippen LogP contribution < -0.4 is 0 Å². The van der Waals surface area contributed by atoms with Crippen LogP contribution in [0.3, 0.4) is 0 Å². The second-order valence-corrected chi connectivity index (χ2v) is 12.5. The smallest absolute Gasteiger partial charge is 0.194 e. The van der Waals surface area contributed by atoms with Crippen LogP contribution in [0.4, 0.5) is 0 Å². The zero-order valence-electron chi connectivity index (χ0n) is 26.2. The van der Waals surface area contributed by atoms with Gasteiger partial charge in [-0.05, 0) is 70.2 Å². The van der Waals surface area contributed by atoms with Crippen molar-refractivity contribution in [2.24, 2.45) is 0 Å². The lowest BCUT2D eigenvalue weighted by Crippen LogP contribution is -2.38. The molecule has 0 aromatic heterocycles. The topological polar surface area (TPSA) is 44.8 Å². The van der Waals surface area contributed by atoms with Gasteiger partial charge < -0.3 is 4.74 Å². The van der Waals surface area contributed by atoms with Crippen molar-refractivity contribution in [2.45, 2.75) is 136 Å². The van der Waals surface area contributed by atoms with Gasteiger partial charge in [-0.2, -0.15) is 0 Å². The highest BCUT2D eigenvalue weighted by molar-refractivity contribution is 6.03. The number of Topliss-reactive ketones (excluding diaryl/α,β-unsaturated/α-hetero) is 1. The Morgan fingerprint density at radius 2 is 1.44 bits per heavy atom. The van der Waals surface area contributed by atoms with Crippen molar-refractivity contribution in [3.63, 3.8) is 0 Å². The Labute approximate surface area is 238 Å². The lowest BCUT2D eigenvalue weighted by Gasteiger charge is -2.36. The average molecular weight is 539 g/mol. The SMILES string of the molecule is CCCCCCCC(OOC(C)(C)c1ccc(C)c(C(=O)C(C)(C)OCCCC)c1)C(C)(C)c1ccccc1. The molecule has 0 fully saturated rings. The molecule has 39 heavy (non-hydrogen) atoms. The van der Waals surface area contributed by atoms with E-state index in [9.17, 15) is 4.79 Å². The van der Waals surface area contributed by atoms with Gasteiger partial charge in [0.2, 0.25) is 0 Å². The van der Waals surface area contributed by atoms with E-state index in [0.717, 1.165) is 36.8 Å². The van der Waals surface area contributed by atoms with Crippen LogP contribution in [0.15, 0.2) is 48.5 Å². The second kappa shape index (κ2) is 15.1. The third-order valence-corrected chi connectivity index (χ3v) is 7.95. The maximum absolute atomic E-state index is 13.5. The van der Waals surface area contributed by atoms with E-state index in [1.807, 2.05) is 58.9 Å². The first-order chi connectivity index (χ1) is 18.4. The summed E-state index contributed by atoms with van der Waals surface area (Å²) in [5, 5.41) is 0. The van der Waals surface area contributed by atoms with Crippen molar-refractivity contribution in [1.82, 2.24) is 0 Å². The van der Waals surface area contributed by atoms with Crippen molar-refractivity contribution < 1.29 is 19.3 Å². The quantitative estimate of drug-likeness (QED) is 0.0820. The summed E-state index contributed by atoms with van der Waals surface area (Å²) in [5.74, 6) is -0.00941. The summed E-state index contributed by atoms with van der Waals surface area (Å²) < 4.78 is 5.98. The van der Waals surface area contributed by atoms with Gasteiger partial charge in [-0.25, -0.2) is 9.78 Å². The lowest BCUT2D eigenvalue weighted by atomic mass is 9.77. The molecule has 1 unspecified atom stereocenters. The molecule has 0 heterocycles. The van der Waals surface area contributed by atoms with Gasteiger partial charge in [0.15, 0.2) is 5.78 Å². The molecule has 0 saturated carbocycles. The Morgan fingerprint density at radius 1 is 0.795 bits per heavy atom. The van der Waals surface area contributed by atoms with Crippen molar-refractivity contribution in [2.75, 3.05) is 6.61 Å². The maximum Gasteiger partial charge on any atom is 0.194 e. The summed E-state index contributed by atoms with van der Waals surface area (Å²) in [6.45, 7) is 19.1. The van der Waals surface area contributed by atoms with Gasteiger partial charge in [0, 0.05) is 17.6 Å². The Morgan fingerprint density at radius 3 is 2.08 bits per heavy atom. The first-order valence-corrected chi connectivity index (χ1v) is 15.1. The fourth-order valence-corrected chi connectivity index (χ4v) is 4.85. The fourth-order valence-electron chi connectivity index (χ4n) is 4.85. The number of carbonyl (C=O) groups is 1. The molecule has 1 atom stereocenters. The largest absolute Gasteiger partial charge is 0.367 e. The van der Waals surface area contributed by atoms with E-state index >= 15 is 0 Å². The number of hydrogen-bond donors (Lipinski definition) is 0. The van der Waals surface area contributed by atoms with Crippen LogP contribution in [-0.2, 0) is 25.5 Å². The minimum Gasteiger partial charge on any atom is -0.367 e. The zero-order valence-corrected chi connectivity index (χ0v) is 26.2. The summed E-state index contributed by atoms with van der Waals surface area (Å²) in [6, 6.07) is 16.5. The number of benzene rings is 2. The molecule has 0 bridgehead atoms. The molecule has 218 valence electrons. The first-order valence-electron chi connectivity index (χ1n) is 15.1. The van der Waals surface area contributed by atoms with E-state index in [2.05, 4.69) is 52.0 Å². The highest BCUT2D eigenvalue weighted by atomic mass is 17.2. The summed E-state index contributed by atoms with van der Waals surface area (Å²) >= 11 is 0. The van der Waals surface area contributed by atoms with Crippen LogP contribution >= 0.6 is 0 Å². The van der Waals surface area contributed by atoms with E-state index in [4.69, 9.17) is 14.5 Å². The third kappa shape index (κ3) is 9.55. The average Bonchev–Trinajstić information content (AvgIpc) is 2.90. The fraction of sp³-hybridized carbons (Fsp3) is 0.629. The minimum absolute atomic E-state index is 0.00941. The molecule has 2 aromatic carbocycles. The molecule has 0 aliphatic rings. The van der Waals surface area contributed by atoms with Gasteiger partial charge in [-0.3, -0.25) is 4.79 Å². The van der Waals surface area contributed by atoms with Crippen LogP contribution in [-0.4, -0.2) is 24.1 Å². The Kier molecular flexibility index (Phi) is 12.9. The van der Waals surface area contributed by atoms with Crippen molar-refractivity contribution in [3.05, 3.63) is 70.8 Å². The summed E-state index contributed by atoms with van der Waals surface area (Å²) in [5.41, 5.74) is 1.88. The molecule has 0 saturated heterocycles. The van der Waals surface area contributed by atoms with Gasteiger partial charge >= 0.3 is 0 Å². The summed E-state index contributed by atoms with van der Waals surface area (Å²) in [6.07, 6.45) is 8.82. The monoisotopic (exact) mass is 538 g/mol. The number of carbonyl (C=O) groups excluding carboxylic acids is 1. The standard InChI is InChI=1S/C35H54O4/c1-10-12-14-15-19-22-31(33(4,5)28-20-17-16-18-21-28)38-39-34(6,7)29-24-23-27(3)30(26-29)32(36)35(8,9)37-25-13-11-2/h16-18,20-21,23-24,26,31H,10-15,19,22,25H2,1-9H3. The van der Waals surface area contributed by atoms with Crippen molar-refractivity contribution >= 4 is 5.78 Å². The molecular weight excluding hydrogens is 484 g/mol. The van der Waals surface area contributed by atoms with Crippen LogP contribution in [0.1, 0.15) is 134 Å². The van der Waals surface area contributed by atoms with Crippen LogP contribution in [0.25, 0.3) is 0 Å². The molecule has 0 N–H and O–H groups in total. The molecule has 0 aliphatic heterocycles. The number of ketones is 1. The normalized spacial score (nSPS) is 13.5. The highest BCUT2D eigenvalue weighted by Crippen LogP contribution is 2.35. The van der Waals surface area contributed by atoms with Gasteiger partial charge in [0.25, 0.3) is 0 Å². The molecule has 4 nitrogen and oxygen atoms in total. The lowest BCUT2D eigenvalue weighted by molar-refractivity contribution is -0.391.